The van der Waals surface area contributed by atoms with Gasteiger partial charge in [-0.05, 0) is 6.92 Å². The number of nitrogens with two attached hydrogens (primary N) is 1. The fourth-order valence-electron chi connectivity index (χ4n) is 2.07. The zero-order chi connectivity index (χ0) is 15.5. The van der Waals surface area contributed by atoms with Crippen molar-refractivity contribution in [1.29, 1.82) is 0 Å². The van der Waals surface area contributed by atoms with Crippen molar-refractivity contribution >= 4 is 27.7 Å². The van der Waals surface area contributed by atoms with Gasteiger partial charge >= 0.3 is 0 Å². The second kappa shape index (κ2) is 6.39. The lowest BCUT2D eigenvalue weighted by Crippen LogP contribution is -2.37. The summed E-state index contributed by atoms with van der Waals surface area (Å²) in [6.07, 6.45) is 1.19. The summed E-state index contributed by atoms with van der Waals surface area (Å²) in [5.41, 5.74) is 5.69. The van der Waals surface area contributed by atoms with E-state index < -0.39 is 9.84 Å². The topological polar surface area (TPSA) is 123 Å². The molecule has 1 aromatic heterocycles. The normalized spacial score (nSPS) is 17.5. The van der Waals surface area contributed by atoms with Crippen LogP contribution in [0.2, 0.25) is 0 Å². The number of ether oxygens (including phenoxy) is 1. The molecule has 9 nitrogen and oxygen atoms in total. The van der Waals surface area contributed by atoms with Crippen LogP contribution in [0.4, 0.5) is 17.8 Å². The maximum Gasteiger partial charge on any atom is 0.232 e. The van der Waals surface area contributed by atoms with Crippen molar-refractivity contribution in [3.8, 4) is 0 Å². The molecule has 118 valence electrons. The third-order valence-electron chi connectivity index (χ3n) is 2.86. The maximum absolute atomic E-state index is 11.3. The molecule has 3 N–H and O–H groups in total. The Kier molecular flexibility index (Phi) is 4.78. The molecule has 0 aromatic carbocycles. The van der Waals surface area contributed by atoms with Crippen LogP contribution in [-0.2, 0) is 14.6 Å². The van der Waals surface area contributed by atoms with Gasteiger partial charge < -0.3 is 20.7 Å². The van der Waals surface area contributed by atoms with E-state index in [9.17, 15) is 8.42 Å². The Hall–Kier alpha value is -1.68. The number of hydrogen-bond acceptors (Lipinski definition) is 9. The Morgan fingerprint density at radius 1 is 1.33 bits per heavy atom. The third-order valence-corrected chi connectivity index (χ3v) is 3.97. The summed E-state index contributed by atoms with van der Waals surface area (Å²) in [4.78, 5) is 14.3. The first-order chi connectivity index (χ1) is 9.83. The number of rotatable bonds is 5. The molecule has 0 amide bonds. The molecule has 21 heavy (non-hydrogen) atoms. The molecule has 10 heteroatoms. The van der Waals surface area contributed by atoms with E-state index in [0.717, 1.165) is 0 Å². The fourth-order valence-corrected chi connectivity index (χ4v) is 3.06. The molecule has 1 saturated heterocycles. The Morgan fingerprint density at radius 2 is 2.00 bits per heavy atom. The Bertz CT molecular complexity index is 588. The zero-order valence-corrected chi connectivity index (χ0v) is 12.9. The van der Waals surface area contributed by atoms with E-state index in [-0.39, 0.29) is 23.7 Å². The number of hydrogen-bond donors (Lipinski definition) is 2. The molecule has 0 spiro atoms. The van der Waals surface area contributed by atoms with Crippen LogP contribution in [0.25, 0.3) is 0 Å². The summed E-state index contributed by atoms with van der Waals surface area (Å²) in [6, 6.07) is -0.320. The summed E-state index contributed by atoms with van der Waals surface area (Å²) in [6.45, 7) is 4.33. The van der Waals surface area contributed by atoms with Gasteiger partial charge in [-0.3, -0.25) is 0 Å². The average Bonchev–Trinajstić information content (AvgIpc) is 2.36. The number of morpholine rings is 1. The molecule has 1 fully saturated rings. The minimum Gasteiger partial charge on any atom is -0.378 e. The largest absolute Gasteiger partial charge is 0.378 e. The van der Waals surface area contributed by atoms with Crippen LogP contribution in [0.15, 0.2) is 0 Å². The monoisotopic (exact) mass is 316 g/mol. The van der Waals surface area contributed by atoms with Crippen molar-refractivity contribution in [2.24, 2.45) is 0 Å². The summed E-state index contributed by atoms with van der Waals surface area (Å²) >= 11 is 0. The molecular weight excluding hydrogens is 296 g/mol. The Balaban J connectivity index is 2.11. The molecule has 0 radical (unpaired) electrons. The van der Waals surface area contributed by atoms with E-state index >= 15 is 0 Å². The molecule has 2 heterocycles. The number of nitrogens with zero attached hydrogens (tertiary/aromatic N) is 4. The predicted octanol–water partition coefficient (Wildman–Crippen LogP) is -0.865. The minimum atomic E-state index is -3.08. The summed E-state index contributed by atoms with van der Waals surface area (Å²) in [7, 11) is -3.08. The predicted molar refractivity (Wildman–Crippen MR) is 80.1 cm³/mol. The fraction of sp³-hybridized carbons (Fsp3) is 0.727. The molecule has 1 aliphatic heterocycles. The molecule has 1 aliphatic rings. The smallest absolute Gasteiger partial charge is 0.232 e. The van der Waals surface area contributed by atoms with Gasteiger partial charge in [0.1, 0.15) is 9.84 Å². The number of nitrogens with one attached hydrogen (secondary N) is 1. The highest BCUT2D eigenvalue weighted by atomic mass is 32.2. The van der Waals surface area contributed by atoms with E-state index in [1.54, 1.807) is 6.92 Å². The van der Waals surface area contributed by atoms with Gasteiger partial charge in [-0.2, -0.15) is 15.0 Å². The standard InChI is InChI=1S/C11H20N6O3S/c1-8(7-21(2,18)19)13-10-14-9(12)15-11(16-10)17-3-5-20-6-4-17/h8H,3-7H2,1-2H3,(H3,12,13,14,15,16). The van der Waals surface area contributed by atoms with Crippen LogP contribution in [-0.4, -0.2) is 67.7 Å². The highest BCUT2D eigenvalue weighted by Gasteiger charge is 2.17. The van der Waals surface area contributed by atoms with Crippen LogP contribution < -0.4 is 16.0 Å². The van der Waals surface area contributed by atoms with Crippen molar-refractivity contribution in [1.82, 2.24) is 15.0 Å². The van der Waals surface area contributed by atoms with E-state index in [1.165, 1.54) is 6.26 Å². The van der Waals surface area contributed by atoms with Gasteiger partial charge in [-0.25, -0.2) is 8.42 Å². The van der Waals surface area contributed by atoms with E-state index in [2.05, 4.69) is 20.3 Å². The van der Waals surface area contributed by atoms with Gasteiger partial charge in [0, 0.05) is 25.4 Å². The number of aromatic nitrogens is 3. The summed E-state index contributed by atoms with van der Waals surface area (Å²) in [5.74, 6) is 0.839. The SMILES string of the molecule is CC(CS(C)(=O)=O)Nc1nc(N)nc(N2CCOCC2)n1. The maximum atomic E-state index is 11.3. The molecule has 1 atom stereocenters. The van der Waals surface area contributed by atoms with Crippen LogP contribution in [0.3, 0.4) is 0 Å². The van der Waals surface area contributed by atoms with Crippen molar-refractivity contribution < 1.29 is 13.2 Å². The van der Waals surface area contributed by atoms with Gasteiger partial charge in [0.2, 0.25) is 17.8 Å². The third kappa shape index (κ3) is 4.97. The molecule has 1 unspecified atom stereocenters. The first-order valence-electron chi connectivity index (χ1n) is 6.62. The number of anilines is 3. The van der Waals surface area contributed by atoms with Crippen molar-refractivity contribution in [3.63, 3.8) is 0 Å². The zero-order valence-electron chi connectivity index (χ0n) is 12.1. The number of sulfone groups is 1. The summed E-state index contributed by atoms with van der Waals surface area (Å²) in [5, 5.41) is 2.94. The molecule has 1 aromatic rings. The second-order valence-corrected chi connectivity index (χ2v) is 7.24. The quantitative estimate of drug-likeness (QED) is 0.713. The van der Waals surface area contributed by atoms with E-state index in [0.29, 0.717) is 32.3 Å². The van der Waals surface area contributed by atoms with Crippen molar-refractivity contribution in [2.75, 3.05) is 54.3 Å². The Labute approximate surface area is 123 Å². The minimum absolute atomic E-state index is 0.00846. The van der Waals surface area contributed by atoms with Crippen LogP contribution in [0.5, 0.6) is 0 Å². The molecular formula is C11H20N6O3S. The van der Waals surface area contributed by atoms with Gasteiger partial charge in [0.25, 0.3) is 0 Å². The van der Waals surface area contributed by atoms with Crippen LogP contribution >= 0.6 is 0 Å². The van der Waals surface area contributed by atoms with Crippen LogP contribution in [0.1, 0.15) is 6.92 Å². The highest BCUT2D eigenvalue weighted by molar-refractivity contribution is 7.90. The van der Waals surface area contributed by atoms with Gasteiger partial charge in [0.05, 0.1) is 19.0 Å². The highest BCUT2D eigenvalue weighted by Crippen LogP contribution is 2.14. The average molecular weight is 316 g/mol. The van der Waals surface area contributed by atoms with E-state index in [1.807, 2.05) is 4.90 Å². The first-order valence-corrected chi connectivity index (χ1v) is 8.68. The molecule has 0 saturated carbocycles. The van der Waals surface area contributed by atoms with Gasteiger partial charge in [-0.15, -0.1) is 0 Å². The Morgan fingerprint density at radius 3 is 2.62 bits per heavy atom. The van der Waals surface area contributed by atoms with Crippen LogP contribution in [0, 0.1) is 0 Å². The molecule has 0 bridgehead atoms. The van der Waals surface area contributed by atoms with Crippen molar-refractivity contribution in [2.45, 2.75) is 13.0 Å². The lowest BCUT2D eigenvalue weighted by molar-refractivity contribution is 0.122. The summed E-state index contributed by atoms with van der Waals surface area (Å²) < 4.78 is 27.8. The second-order valence-electron chi connectivity index (χ2n) is 5.05. The van der Waals surface area contributed by atoms with Gasteiger partial charge in [0.15, 0.2) is 0 Å². The molecule has 2 rings (SSSR count). The lowest BCUT2D eigenvalue weighted by atomic mass is 10.4. The first kappa shape index (κ1) is 15.7. The molecule has 0 aliphatic carbocycles. The number of nitrogen functional groups attached to an aromatic ring is 1. The van der Waals surface area contributed by atoms with Gasteiger partial charge in [-0.1, -0.05) is 0 Å². The van der Waals surface area contributed by atoms with E-state index in [4.69, 9.17) is 10.5 Å². The lowest BCUT2D eigenvalue weighted by Gasteiger charge is -2.27. The van der Waals surface area contributed by atoms with Crippen molar-refractivity contribution in [3.05, 3.63) is 0 Å².